The molecule has 3 aromatic rings. The molecule has 0 radical (unpaired) electrons. The van der Waals surface area contributed by atoms with Crippen LogP contribution < -0.4 is 20.7 Å². The van der Waals surface area contributed by atoms with Gasteiger partial charge in [-0.05, 0) is 42.8 Å². The largest absolute Gasteiger partial charge is 0.495 e. The molecular formula is C29H25BrN4O3S. The molecule has 1 aliphatic heterocycles. The Morgan fingerprint density at radius 1 is 1.05 bits per heavy atom. The van der Waals surface area contributed by atoms with Gasteiger partial charge in [0.2, 0.25) is 5.91 Å². The van der Waals surface area contributed by atoms with Gasteiger partial charge < -0.3 is 20.7 Å². The molecule has 3 N–H and O–H groups in total. The van der Waals surface area contributed by atoms with E-state index in [0.29, 0.717) is 39.0 Å². The van der Waals surface area contributed by atoms with Gasteiger partial charge in [0.05, 0.1) is 41.1 Å². The number of thioether (sulfide) groups is 1. The first-order valence-electron chi connectivity index (χ1n) is 11.7. The molecule has 38 heavy (non-hydrogen) atoms. The molecule has 0 saturated heterocycles. The third-order valence-corrected chi connectivity index (χ3v) is 7.35. The number of anilines is 2. The molecular weight excluding hydrogens is 564 g/mol. The molecule has 0 fully saturated rings. The molecule has 192 valence electrons. The zero-order valence-electron chi connectivity index (χ0n) is 20.7. The summed E-state index contributed by atoms with van der Waals surface area (Å²) in [6, 6.07) is 26.2. The second-order valence-corrected chi connectivity index (χ2v) is 10.3. The predicted molar refractivity (Wildman–Crippen MR) is 155 cm³/mol. The van der Waals surface area contributed by atoms with E-state index < -0.39 is 5.92 Å². The van der Waals surface area contributed by atoms with Crippen LogP contribution in [0.25, 0.3) is 0 Å². The molecule has 0 aromatic heterocycles. The first-order chi connectivity index (χ1) is 18.4. The van der Waals surface area contributed by atoms with Gasteiger partial charge in [-0.2, -0.15) is 5.26 Å². The minimum absolute atomic E-state index is 0.0809. The van der Waals surface area contributed by atoms with Crippen LogP contribution in [0.15, 0.2) is 105 Å². The summed E-state index contributed by atoms with van der Waals surface area (Å²) in [5.74, 6) is -0.567. The lowest BCUT2D eigenvalue weighted by Gasteiger charge is -2.30. The van der Waals surface area contributed by atoms with Crippen molar-refractivity contribution >= 4 is 50.9 Å². The van der Waals surface area contributed by atoms with Crippen molar-refractivity contribution in [1.82, 2.24) is 5.32 Å². The molecule has 4 rings (SSSR count). The number of ether oxygens (including phenoxy) is 1. The van der Waals surface area contributed by atoms with Crippen molar-refractivity contribution in [3.8, 4) is 11.8 Å². The highest BCUT2D eigenvalue weighted by Gasteiger charge is 2.35. The number of allylic oxidation sites excluding steroid dienone is 2. The highest BCUT2D eigenvalue weighted by molar-refractivity contribution is 9.10. The van der Waals surface area contributed by atoms with Crippen LogP contribution in [0.1, 0.15) is 18.4 Å². The maximum atomic E-state index is 13.6. The first kappa shape index (κ1) is 27.0. The molecule has 7 nitrogen and oxygen atoms in total. The van der Waals surface area contributed by atoms with Crippen LogP contribution >= 0.6 is 27.7 Å². The lowest BCUT2D eigenvalue weighted by atomic mass is 9.82. The van der Waals surface area contributed by atoms with Gasteiger partial charge in [-0.3, -0.25) is 9.59 Å². The van der Waals surface area contributed by atoms with E-state index in [1.807, 2.05) is 60.7 Å². The maximum absolute atomic E-state index is 13.6. The lowest BCUT2D eigenvalue weighted by molar-refractivity contribution is -0.114. The number of amides is 2. The zero-order valence-corrected chi connectivity index (χ0v) is 23.2. The predicted octanol–water partition coefficient (Wildman–Crippen LogP) is 6.16. The minimum atomic E-state index is -0.618. The molecule has 0 unspecified atom stereocenters. The van der Waals surface area contributed by atoms with Crippen molar-refractivity contribution in [2.75, 3.05) is 23.5 Å². The van der Waals surface area contributed by atoms with Crippen LogP contribution in [0.2, 0.25) is 0 Å². The van der Waals surface area contributed by atoms with E-state index in [1.165, 1.54) is 18.9 Å². The summed E-state index contributed by atoms with van der Waals surface area (Å²) in [5.41, 5.74) is 3.38. The number of para-hydroxylation sites is 2. The fourth-order valence-corrected chi connectivity index (χ4v) is 5.44. The second kappa shape index (κ2) is 12.5. The van der Waals surface area contributed by atoms with Crippen molar-refractivity contribution in [2.45, 2.75) is 12.8 Å². The second-order valence-electron chi connectivity index (χ2n) is 8.36. The zero-order chi connectivity index (χ0) is 27.1. The number of rotatable bonds is 8. The Labute approximate surface area is 234 Å². The Balaban J connectivity index is 1.62. The molecule has 0 bridgehead atoms. The SMILES string of the molecule is COc1ccccc1NC(=O)C1=C(C)NC(SCC(=O)Nc2cccc(Br)c2)=C(C#N)[C@@H]1c1ccccc1. The number of nitrogens with zero attached hydrogens (tertiary/aromatic N) is 1. The topological polar surface area (TPSA) is 103 Å². The monoisotopic (exact) mass is 588 g/mol. The van der Waals surface area contributed by atoms with Crippen LogP contribution in [-0.2, 0) is 9.59 Å². The van der Waals surface area contributed by atoms with Gasteiger partial charge in [0.15, 0.2) is 0 Å². The Bertz CT molecular complexity index is 1460. The van der Waals surface area contributed by atoms with Gasteiger partial charge in [0.1, 0.15) is 5.75 Å². The Morgan fingerprint density at radius 3 is 2.50 bits per heavy atom. The molecule has 0 saturated carbocycles. The van der Waals surface area contributed by atoms with E-state index in [2.05, 4.69) is 37.9 Å². The molecule has 0 aliphatic carbocycles. The van der Waals surface area contributed by atoms with Crippen LogP contribution in [0, 0.1) is 11.3 Å². The fraction of sp³-hybridized carbons (Fsp3) is 0.138. The Morgan fingerprint density at radius 2 is 1.79 bits per heavy atom. The van der Waals surface area contributed by atoms with Crippen molar-refractivity contribution in [3.63, 3.8) is 0 Å². The van der Waals surface area contributed by atoms with Gasteiger partial charge in [0.25, 0.3) is 5.91 Å². The van der Waals surface area contributed by atoms with E-state index in [1.54, 1.807) is 25.1 Å². The van der Waals surface area contributed by atoms with E-state index in [0.717, 1.165) is 10.0 Å². The number of hydrogen-bond donors (Lipinski definition) is 3. The smallest absolute Gasteiger partial charge is 0.254 e. The summed E-state index contributed by atoms with van der Waals surface area (Å²) in [4.78, 5) is 26.3. The molecule has 1 aliphatic rings. The molecule has 3 aromatic carbocycles. The van der Waals surface area contributed by atoms with E-state index in [9.17, 15) is 14.9 Å². The first-order valence-corrected chi connectivity index (χ1v) is 13.5. The van der Waals surface area contributed by atoms with Crippen molar-refractivity contribution in [3.05, 3.63) is 111 Å². The number of halogens is 1. The highest BCUT2D eigenvalue weighted by Crippen LogP contribution is 2.41. The number of benzene rings is 3. The summed E-state index contributed by atoms with van der Waals surface area (Å²) in [6.45, 7) is 1.80. The standard InChI is InChI=1S/C29H25BrN4O3S/c1-18-26(28(36)34-23-13-6-7-14-24(23)37-2)27(19-9-4-3-5-10-19)22(16-31)29(32-18)38-17-25(35)33-21-12-8-11-20(30)15-21/h3-15,27,32H,17H2,1-2H3,(H,33,35)(H,34,36)/t27-/m0/s1. The molecule has 9 heteroatoms. The van der Waals surface area contributed by atoms with Crippen molar-refractivity contribution in [1.29, 1.82) is 5.26 Å². The van der Waals surface area contributed by atoms with Crippen LogP contribution in [-0.4, -0.2) is 24.7 Å². The minimum Gasteiger partial charge on any atom is -0.495 e. The Kier molecular flexibility index (Phi) is 8.89. The Hall–Kier alpha value is -4.00. The molecule has 2 amide bonds. The molecule has 0 spiro atoms. The quantitative estimate of drug-likeness (QED) is 0.291. The van der Waals surface area contributed by atoms with Gasteiger partial charge in [-0.15, -0.1) is 0 Å². The van der Waals surface area contributed by atoms with Crippen molar-refractivity contribution < 1.29 is 14.3 Å². The van der Waals surface area contributed by atoms with E-state index >= 15 is 0 Å². The molecule has 1 heterocycles. The number of methoxy groups -OCH3 is 1. The van der Waals surface area contributed by atoms with Gasteiger partial charge in [-0.1, -0.05) is 76.2 Å². The average Bonchev–Trinajstić information content (AvgIpc) is 2.92. The van der Waals surface area contributed by atoms with Crippen LogP contribution in [0.3, 0.4) is 0 Å². The van der Waals surface area contributed by atoms with E-state index in [-0.39, 0.29) is 17.6 Å². The average molecular weight is 590 g/mol. The van der Waals surface area contributed by atoms with Crippen LogP contribution in [0.4, 0.5) is 11.4 Å². The number of carbonyl (C=O) groups is 2. The normalized spacial score (nSPS) is 14.8. The maximum Gasteiger partial charge on any atom is 0.254 e. The van der Waals surface area contributed by atoms with E-state index in [4.69, 9.17) is 4.74 Å². The number of nitrogens with one attached hydrogen (secondary N) is 3. The summed E-state index contributed by atoms with van der Waals surface area (Å²) in [7, 11) is 1.54. The third kappa shape index (κ3) is 6.28. The summed E-state index contributed by atoms with van der Waals surface area (Å²) >= 11 is 4.62. The number of carbonyl (C=O) groups excluding carboxylic acids is 2. The number of hydrogen-bond acceptors (Lipinski definition) is 6. The number of nitriles is 1. The summed E-state index contributed by atoms with van der Waals surface area (Å²) in [5, 5.41) is 19.8. The third-order valence-electron chi connectivity index (χ3n) is 5.84. The fourth-order valence-electron chi connectivity index (χ4n) is 4.14. The number of dihydropyridines is 1. The summed E-state index contributed by atoms with van der Waals surface area (Å²) < 4.78 is 6.24. The van der Waals surface area contributed by atoms with Gasteiger partial charge in [0, 0.05) is 21.4 Å². The van der Waals surface area contributed by atoms with Gasteiger partial charge >= 0.3 is 0 Å². The highest BCUT2D eigenvalue weighted by atomic mass is 79.9. The van der Waals surface area contributed by atoms with Crippen LogP contribution in [0.5, 0.6) is 5.75 Å². The lowest BCUT2D eigenvalue weighted by Crippen LogP contribution is -2.31. The van der Waals surface area contributed by atoms with Gasteiger partial charge in [-0.25, -0.2) is 0 Å². The molecule has 1 atom stereocenters. The van der Waals surface area contributed by atoms with Crippen molar-refractivity contribution in [2.24, 2.45) is 0 Å². The summed E-state index contributed by atoms with van der Waals surface area (Å²) in [6.07, 6.45) is 0.